The Hall–Kier alpha value is -3.02. The smallest absolute Gasteiger partial charge is 0.359 e. The van der Waals surface area contributed by atoms with Gasteiger partial charge in [0.1, 0.15) is 0 Å². The van der Waals surface area contributed by atoms with Crippen molar-refractivity contribution in [3.8, 4) is 0 Å². The molecule has 0 aliphatic carbocycles. The number of hydrogen-bond donors (Lipinski definition) is 0. The second kappa shape index (κ2) is 8.78. The summed E-state index contributed by atoms with van der Waals surface area (Å²) in [6, 6.07) is 12.9. The van der Waals surface area contributed by atoms with Gasteiger partial charge in [0.25, 0.3) is 5.56 Å². The highest BCUT2D eigenvalue weighted by Crippen LogP contribution is 2.15. The van der Waals surface area contributed by atoms with Crippen LogP contribution in [0, 0.1) is 12.8 Å². The molecule has 3 aromatic rings. The first-order chi connectivity index (χ1) is 13.5. The Balaban J connectivity index is 1.75. The number of aromatic nitrogens is 3. The number of ether oxygens (including phenoxy) is 1. The van der Waals surface area contributed by atoms with Crippen LogP contribution in [0.2, 0.25) is 0 Å². The van der Waals surface area contributed by atoms with Gasteiger partial charge in [0.05, 0.1) is 12.0 Å². The molecule has 0 saturated heterocycles. The third kappa shape index (κ3) is 4.63. The van der Waals surface area contributed by atoms with Crippen LogP contribution < -0.4 is 5.56 Å². The Labute approximate surface area is 164 Å². The molecule has 0 bridgehead atoms. The zero-order valence-corrected chi connectivity index (χ0v) is 16.5. The average Bonchev–Trinajstić information content (AvgIpc) is 2.67. The highest BCUT2D eigenvalue weighted by atomic mass is 16.5. The molecule has 0 aliphatic heterocycles. The van der Waals surface area contributed by atoms with Gasteiger partial charge >= 0.3 is 5.97 Å². The molecule has 0 spiro atoms. The Morgan fingerprint density at radius 1 is 1.11 bits per heavy atom. The molecule has 0 N–H and O–H groups in total. The fourth-order valence-corrected chi connectivity index (χ4v) is 3.08. The molecule has 0 saturated carbocycles. The maximum Gasteiger partial charge on any atom is 0.359 e. The van der Waals surface area contributed by atoms with Gasteiger partial charge in [0.2, 0.25) is 0 Å². The summed E-state index contributed by atoms with van der Waals surface area (Å²) in [5.41, 5.74) is 1.94. The van der Waals surface area contributed by atoms with Gasteiger partial charge in [-0.3, -0.25) is 9.78 Å². The molecule has 1 aromatic carbocycles. The highest BCUT2D eigenvalue weighted by molar-refractivity contribution is 6.02. The zero-order chi connectivity index (χ0) is 20.1. The van der Waals surface area contributed by atoms with Crippen LogP contribution in [0.15, 0.2) is 47.3 Å². The standard InChI is InChI=1S/C22H25N3O3/c1-15(2)14-25-21(26)19-12-5-4-11-18(19)20(24-25)22(27)28-13-7-10-17-9-6-8-16(3)23-17/h4-6,8-9,11-12,15H,7,10,13-14H2,1-3H3. The molecule has 2 aromatic heterocycles. The fraction of sp³-hybridized carbons (Fsp3) is 0.364. The van der Waals surface area contributed by atoms with Crippen LogP contribution in [-0.2, 0) is 17.7 Å². The van der Waals surface area contributed by atoms with Gasteiger partial charge in [-0.25, -0.2) is 9.48 Å². The van der Waals surface area contributed by atoms with Crippen molar-refractivity contribution in [3.05, 3.63) is 69.9 Å². The first-order valence-corrected chi connectivity index (χ1v) is 9.55. The Morgan fingerprint density at radius 3 is 2.57 bits per heavy atom. The zero-order valence-electron chi connectivity index (χ0n) is 16.5. The van der Waals surface area contributed by atoms with E-state index in [1.54, 1.807) is 24.3 Å². The molecule has 0 amide bonds. The Kier molecular flexibility index (Phi) is 6.19. The number of pyridine rings is 1. The number of aryl methyl sites for hydroxylation is 2. The van der Waals surface area contributed by atoms with Crippen LogP contribution in [0.1, 0.15) is 42.1 Å². The number of esters is 1. The summed E-state index contributed by atoms with van der Waals surface area (Å²) in [5, 5.41) is 5.31. The lowest BCUT2D eigenvalue weighted by Crippen LogP contribution is -2.28. The molecule has 2 heterocycles. The number of nitrogens with zero attached hydrogens (tertiary/aromatic N) is 3. The van der Waals surface area contributed by atoms with E-state index in [-0.39, 0.29) is 23.8 Å². The van der Waals surface area contributed by atoms with Crippen LogP contribution in [0.5, 0.6) is 0 Å². The molecule has 3 rings (SSSR count). The van der Waals surface area contributed by atoms with Crippen LogP contribution in [0.25, 0.3) is 10.8 Å². The number of carbonyl (C=O) groups is 1. The molecule has 6 heteroatoms. The van der Waals surface area contributed by atoms with E-state index in [9.17, 15) is 9.59 Å². The van der Waals surface area contributed by atoms with Gasteiger partial charge in [-0.05, 0) is 43.9 Å². The molecular formula is C22H25N3O3. The fourth-order valence-electron chi connectivity index (χ4n) is 3.08. The average molecular weight is 379 g/mol. The van der Waals surface area contributed by atoms with Gasteiger partial charge in [-0.1, -0.05) is 38.1 Å². The quantitative estimate of drug-likeness (QED) is 0.464. The maximum absolute atomic E-state index is 12.7. The number of fused-ring (bicyclic) bond motifs is 1. The van der Waals surface area contributed by atoms with E-state index in [0.717, 1.165) is 17.8 Å². The SMILES string of the molecule is Cc1cccc(CCCOC(=O)c2nn(CC(C)C)c(=O)c3ccccc23)n1. The largest absolute Gasteiger partial charge is 0.461 e. The summed E-state index contributed by atoms with van der Waals surface area (Å²) in [7, 11) is 0. The van der Waals surface area contributed by atoms with E-state index in [1.165, 1.54) is 4.68 Å². The van der Waals surface area contributed by atoms with Gasteiger partial charge in [-0.15, -0.1) is 0 Å². The molecule has 0 radical (unpaired) electrons. The Morgan fingerprint density at radius 2 is 1.86 bits per heavy atom. The third-order valence-electron chi connectivity index (χ3n) is 4.36. The predicted octanol–water partition coefficient (Wildman–Crippen LogP) is 3.55. The van der Waals surface area contributed by atoms with Gasteiger partial charge < -0.3 is 4.74 Å². The van der Waals surface area contributed by atoms with Crippen LogP contribution in [-0.4, -0.2) is 27.3 Å². The molecule has 0 aliphatic rings. The lowest BCUT2D eigenvalue weighted by molar-refractivity contribution is 0.0492. The molecular weight excluding hydrogens is 354 g/mol. The maximum atomic E-state index is 12.7. The highest BCUT2D eigenvalue weighted by Gasteiger charge is 2.18. The molecule has 6 nitrogen and oxygen atoms in total. The minimum Gasteiger partial charge on any atom is -0.461 e. The van der Waals surface area contributed by atoms with Crippen molar-refractivity contribution >= 4 is 16.7 Å². The number of rotatable bonds is 7. The van der Waals surface area contributed by atoms with Crippen LogP contribution in [0.3, 0.4) is 0 Å². The lowest BCUT2D eigenvalue weighted by atomic mass is 10.1. The van der Waals surface area contributed by atoms with Gasteiger partial charge in [0, 0.05) is 23.3 Å². The minimum atomic E-state index is -0.508. The summed E-state index contributed by atoms with van der Waals surface area (Å²) in [4.78, 5) is 29.7. The van der Waals surface area contributed by atoms with Crippen molar-refractivity contribution in [2.75, 3.05) is 6.61 Å². The van der Waals surface area contributed by atoms with E-state index in [0.29, 0.717) is 23.7 Å². The van der Waals surface area contributed by atoms with Crippen molar-refractivity contribution < 1.29 is 9.53 Å². The third-order valence-corrected chi connectivity index (χ3v) is 4.36. The van der Waals surface area contributed by atoms with E-state index in [2.05, 4.69) is 10.1 Å². The van der Waals surface area contributed by atoms with Crippen LogP contribution in [0.4, 0.5) is 0 Å². The molecule has 0 unspecified atom stereocenters. The first kappa shape index (κ1) is 19.7. The molecule has 146 valence electrons. The predicted molar refractivity (Wildman–Crippen MR) is 108 cm³/mol. The Bertz CT molecular complexity index is 1040. The minimum absolute atomic E-state index is 0.185. The van der Waals surface area contributed by atoms with Crippen LogP contribution >= 0.6 is 0 Å². The summed E-state index contributed by atoms with van der Waals surface area (Å²) in [6.45, 7) is 6.67. The summed E-state index contributed by atoms with van der Waals surface area (Å²) in [5.74, 6) is -0.275. The topological polar surface area (TPSA) is 74.1 Å². The van der Waals surface area contributed by atoms with Crippen molar-refractivity contribution in [1.82, 2.24) is 14.8 Å². The lowest BCUT2D eigenvalue weighted by Gasteiger charge is -2.12. The summed E-state index contributed by atoms with van der Waals surface area (Å²) < 4.78 is 6.80. The summed E-state index contributed by atoms with van der Waals surface area (Å²) >= 11 is 0. The van der Waals surface area contributed by atoms with Crippen molar-refractivity contribution in [3.63, 3.8) is 0 Å². The number of hydrogen-bond acceptors (Lipinski definition) is 5. The van der Waals surface area contributed by atoms with E-state index >= 15 is 0 Å². The second-order valence-corrected chi connectivity index (χ2v) is 7.29. The second-order valence-electron chi connectivity index (χ2n) is 7.29. The van der Waals surface area contributed by atoms with Crippen molar-refractivity contribution in [2.45, 2.75) is 40.2 Å². The van der Waals surface area contributed by atoms with Gasteiger partial charge in [-0.2, -0.15) is 5.10 Å². The van der Waals surface area contributed by atoms with E-state index in [4.69, 9.17) is 4.74 Å². The summed E-state index contributed by atoms with van der Waals surface area (Å²) in [6.07, 6.45) is 1.40. The van der Waals surface area contributed by atoms with Crippen molar-refractivity contribution in [2.24, 2.45) is 5.92 Å². The number of benzene rings is 1. The van der Waals surface area contributed by atoms with E-state index in [1.807, 2.05) is 39.0 Å². The monoisotopic (exact) mass is 379 g/mol. The first-order valence-electron chi connectivity index (χ1n) is 9.55. The van der Waals surface area contributed by atoms with E-state index < -0.39 is 5.97 Å². The normalized spacial score (nSPS) is 11.1. The molecule has 28 heavy (non-hydrogen) atoms. The molecule has 0 fully saturated rings. The van der Waals surface area contributed by atoms with Crippen molar-refractivity contribution in [1.29, 1.82) is 0 Å². The number of carbonyl (C=O) groups excluding carboxylic acids is 1. The van der Waals surface area contributed by atoms with Gasteiger partial charge in [0.15, 0.2) is 5.69 Å². The molecule has 0 atom stereocenters.